The van der Waals surface area contributed by atoms with Gasteiger partial charge in [0.05, 0.1) is 22.5 Å². The second-order valence-corrected chi connectivity index (χ2v) is 7.05. The van der Waals surface area contributed by atoms with Crippen LogP contribution >= 0.6 is 11.6 Å². The minimum absolute atomic E-state index is 0.00915. The van der Waals surface area contributed by atoms with Gasteiger partial charge in [-0.05, 0) is 24.3 Å². The first kappa shape index (κ1) is 18.0. The van der Waals surface area contributed by atoms with Crippen molar-refractivity contribution in [2.45, 2.75) is 0 Å². The minimum Gasteiger partial charge on any atom is -0.454 e. The molecule has 0 bridgehead atoms. The normalized spacial score (nSPS) is 10.9. The summed E-state index contributed by atoms with van der Waals surface area (Å²) in [5, 5.41) is 0.262. The van der Waals surface area contributed by atoms with Gasteiger partial charge in [-0.25, -0.2) is 13.2 Å². The van der Waals surface area contributed by atoms with Crippen LogP contribution < -0.4 is 4.72 Å². The Morgan fingerprint density at radius 2 is 1.62 bits per heavy atom. The van der Waals surface area contributed by atoms with Crippen LogP contribution in [0.15, 0.2) is 48.5 Å². The predicted octanol–water partition coefficient (Wildman–Crippen LogP) is 2.75. The second kappa shape index (κ2) is 7.46. The van der Waals surface area contributed by atoms with E-state index in [1.165, 1.54) is 18.2 Å². The highest BCUT2D eigenvalue weighted by molar-refractivity contribution is 7.92. The van der Waals surface area contributed by atoms with Crippen LogP contribution in [0.4, 0.5) is 5.69 Å². The van der Waals surface area contributed by atoms with Gasteiger partial charge in [0, 0.05) is 5.56 Å². The summed E-state index contributed by atoms with van der Waals surface area (Å²) in [6.45, 7) is -0.504. The summed E-state index contributed by atoms with van der Waals surface area (Å²) in [6.07, 6.45) is 0.968. The first-order valence-corrected chi connectivity index (χ1v) is 9.06. The first-order chi connectivity index (χ1) is 11.3. The Hall–Kier alpha value is -2.38. The van der Waals surface area contributed by atoms with E-state index in [2.05, 4.69) is 4.72 Å². The van der Waals surface area contributed by atoms with Gasteiger partial charge in [0.1, 0.15) is 0 Å². The lowest BCUT2D eigenvalue weighted by Gasteiger charge is -2.10. The molecule has 1 N–H and O–H groups in total. The van der Waals surface area contributed by atoms with E-state index in [1.54, 1.807) is 30.3 Å². The molecule has 0 atom stereocenters. The van der Waals surface area contributed by atoms with Crippen molar-refractivity contribution in [2.75, 3.05) is 17.6 Å². The van der Waals surface area contributed by atoms with E-state index in [0.717, 1.165) is 6.26 Å². The molecule has 0 unspecified atom stereocenters. The van der Waals surface area contributed by atoms with Gasteiger partial charge in [-0.3, -0.25) is 9.52 Å². The number of hydrogen-bond acceptors (Lipinski definition) is 5. The Morgan fingerprint density at radius 1 is 1.04 bits per heavy atom. The Kier molecular flexibility index (Phi) is 5.58. The van der Waals surface area contributed by atoms with Crippen LogP contribution in [0.2, 0.25) is 5.02 Å². The zero-order valence-electron chi connectivity index (χ0n) is 12.7. The highest BCUT2D eigenvalue weighted by Gasteiger charge is 2.17. The third kappa shape index (κ3) is 4.81. The average molecular weight is 368 g/mol. The Morgan fingerprint density at radius 3 is 2.25 bits per heavy atom. The van der Waals surface area contributed by atoms with E-state index in [9.17, 15) is 18.0 Å². The fourth-order valence-electron chi connectivity index (χ4n) is 1.92. The molecular weight excluding hydrogens is 354 g/mol. The number of halogens is 1. The number of hydrogen-bond donors (Lipinski definition) is 1. The molecule has 2 aromatic carbocycles. The number of nitrogens with one attached hydrogen (secondary N) is 1. The number of carbonyl (C=O) groups is 2. The minimum atomic E-state index is -3.56. The number of Topliss-reactive ketones (excluding diaryl/α,β-unsaturated/α-hetero) is 1. The zero-order valence-corrected chi connectivity index (χ0v) is 14.2. The van der Waals surface area contributed by atoms with Gasteiger partial charge in [0.15, 0.2) is 6.61 Å². The molecule has 0 radical (unpaired) electrons. The van der Waals surface area contributed by atoms with Gasteiger partial charge in [0.25, 0.3) is 0 Å². The molecule has 0 saturated heterocycles. The second-order valence-electron chi connectivity index (χ2n) is 4.90. The van der Waals surface area contributed by atoms with Crippen molar-refractivity contribution in [3.05, 3.63) is 64.7 Å². The highest BCUT2D eigenvalue weighted by atomic mass is 35.5. The van der Waals surface area contributed by atoms with Crippen LogP contribution in [0.3, 0.4) is 0 Å². The fourth-order valence-corrected chi connectivity index (χ4v) is 2.74. The highest BCUT2D eigenvalue weighted by Crippen LogP contribution is 2.19. The monoisotopic (exact) mass is 367 g/mol. The summed E-state index contributed by atoms with van der Waals surface area (Å²) in [6, 6.07) is 12.4. The van der Waals surface area contributed by atoms with Crippen LogP contribution in [-0.2, 0) is 14.8 Å². The molecule has 6 nitrogen and oxygen atoms in total. The maximum absolute atomic E-state index is 12.1. The third-order valence-corrected chi connectivity index (χ3v) is 3.87. The van der Waals surface area contributed by atoms with Gasteiger partial charge < -0.3 is 4.74 Å². The van der Waals surface area contributed by atoms with Gasteiger partial charge >= 0.3 is 5.97 Å². The van der Waals surface area contributed by atoms with Crippen molar-refractivity contribution in [3.8, 4) is 0 Å². The molecule has 0 heterocycles. The van der Waals surface area contributed by atoms with E-state index < -0.39 is 28.4 Å². The lowest BCUT2D eigenvalue weighted by Crippen LogP contribution is -2.17. The molecule has 126 valence electrons. The molecule has 0 saturated carbocycles. The number of anilines is 1. The Labute approximate surface area is 144 Å². The van der Waals surface area contributed by atoms with E-state index in [0.29, 0.717) is 0 Å². The molecular formula is C16H14ClNO5S. The molecule has 0 fully saturated rings. The standard InChI is InChI=1S/C16H14ClNO5S/c1-24(21,22)18-14-9-5-3-7-12(14)16(20)23-10-15(19)11-6-2-4-8-13(11)17/h2-9,18H,10H2,1H3. The summed E-state index contributed by atoms with van der Waals surface area (Å²) in [5.41, 5.74) is 0.333. The van der Waals surface area contributed by atoms with E-state index in [-0.39, 0.29) is 21.8 Å². The van der Waals surface area contributed by atoms with Crippen LogP contribution in [0, 0.1) is 0 Å². The van der Waals surface area contributed by atoms with Gasteiger partial charge in [-0.15, -0.1) is 0 Å². The molecule has 0 aliphatic carbocycles. The number of rotatable bonds is 6. The summed E-state index contributed by atoms with van der Waals surface area (Å²) >= 11 is 5.91. The van der Waals surface area contributed by atoms with Crippen LogP contribution in [0.5, 0.6) is 0 Å². The molecule has 8 heteroatoms. The zero-order chi connectivity index (χ0) is 17.7. The maximum atomic E-state index is 12.1. The number of sulfonamides is 1. The first-order valence-electron chi connectivity index (χ1n) is 6.79. The number of ketones is 1. The quantitative estimate of drug-likeness (QED) is 0.626. The summed E-state index contributed by atoms with van der Waals surface area (Å²) in [5.74, 6) is -1.27. The van der Waals surface area contributed by atoms with E-state index >= 15 is 0 Å². The SMILES string of the molecule is CS(=O)(=O)Nc1ccccc1C(=O)OCC(=O)c1ccccc1Cl. The average Bonchev–Trinajstić information content (AvgIpc) is 2.51. The van der Waals surface area contributed by atoms with Crippen molar-refractivity contribution < 1.29 is 22.7 Å². The molecule has 24 heavy (non-hydrogen) atoms. The number of carbonyl (C=O) groups excluding carboxylic acids is 2. The van der Waals surface area contributed by atoms with E-state index in [4.69, 9.17) is 16.3 Å². The molecule has 0 spiro atoms. The summed E-state index contributed by atoms with van der Waals surface area (Å²) < 4.78 is 29.9. The van der Waals surface area contributed by atoms with E-state index in [1.807, 2.05) is 0 Å². The smallest absolute Gasteiger partial charge is 0.340 e. The summed E-state index contributed by atoms with van der Waals surface area (Å²) in [7, 11) is -3.56. The topological polar surface area (TPSA) is 89.5 Å². The number of para-hydroxylation sites is 1. The van der Waals surface area contributed by atoms with Crippen LogP contribution in [0.1, 0.15) is 20.7 Å². The van der Waals surface area contributed by atoms with Crippen molar-refractivity contribution >= 4 is 39.1 Å². The molecule has 0 aliphatic rings. The Balaban J connectivity index is 2.11. The molecule has 0 amide bonds. The number of esters is 1. The lowest BCUT2D eigenvalue weighted by atomic mass is 10.1. The van der Waals surface area contributed by atoms with Crippen molar-refractivity contribution in [2.24, 2.45) is 0 Å². The maximum Gasteiger partial charge on any atom is 0.340 e. The number of ether oxygens (including phenoxy) is 1. The molecule has 2 rings (SSSR count). The molecule has 0 aliphatic heterocycles. The summed E-state index contributed by atoms with van der Waals surface area (Å²) in [4.78, 5) is 24.2. The predicted molar refractivity (Wildman–Crippen MR) is 91.0 cm³/mol. The van der Waals surface area contributed by atoms with Crippen molar-refractivity contribution in [3.63, 3.8) is 0 Å². The van der Waals surface area contributed by atoms with Gasteiger partial charge in [-0.2, -0.15) is 0 Å². The van der Waals surface area contributed by atoms with Gasteiger partial charge in [0.2, 0.25) is 15.8 Å². The third-order valence-electron chi connectivity index (χ3n) is 2.95. The fraction of sp³-hybridized carbons (Fsp3) is 0.125. The molecule has 2 aromatic rings. The van der Waals surface area contributed by atoms with Gasteiger partial charge in [-0.1, -0.05) is 35.9 Å². The largest absolute Gasteiger partial charge is 0.454 e. The molecule has 0 aromatic heterocycles. The van der Waals surface area contributed by atoms with Crippen molar-refractivity contribution in [1.29, 1.82) is 0 Å². The number of benzene rings is 2. The lowest BCUT2D eigenvalue weighted by molar-refractivity contribution is 0.0476. The van der Waals surface area contributed by atoms with Crippen LogP contribution in [0.25, 0.3) is 0 Å². The van der Waals surface area contributed by atoms with Crippen LogP contribution in [-0.4, -0.2) is 33.0 Å². The Bertz CT molecular complexity index is 880. The van der Waals surface area contributed by atoms with Crippen molar-refractivity contribution in [1.82, 2.24) is 0 Å².